The molecule has 0 atom stereocenters. The molecular formula is C9H6ClF3N2O. The highest BCUT2D eigenvalue weighted by molar-refractivity contribution is 6.29. The summed E-state index contributed by atoms with van der Waals surface area (Å²) in [5.41, 5.74) is 3.79. The number of rotatable bonds is 2. The minimum Gasteiger partial charge on any atom is -0.366 e. The molecule has 0 aromatic carbocycles. The second-order valence-corrected chi connectivity index (χ2v) is 3.23. The van der Waals surface area contributed by atoms with Crippen LogP contribution in [0.2, 0.25) is 5.15 Å². The zero-order chi connectivity index (χ0) is 12.3. The summed E-state index contributed by atoms with van der Waals surface area (Å²) >= 11 is 5.41. The molecule has 1 aromatic rings. The standard InChI is InChI=1S/C9H6ClF3N2O/c10-7-4-5(1-2-8(14)16)3-6(15-7)9(11,12)13/h1-4H,(H2,14,16). The largest absolute Gasteiger partial charge is 0.433 e. The van der Waals surface area contributed by atoms with Crippen LogP contribution < -0.4 is 5.73 Å². The Bertz CT molecular complexity index is 443. The van der Waals surface area contributed by atoms with Crippen molar-refractivity contribution in [1.29, 1.82) is 0 Å². The minimum absolute atomic E-state index is 0.103. The van der Waals surface area contributed by atoms with Crippen molar-refractivity contribution in [3.05, 3.63) is 34.6 Å². The number of halogens is 4. The van der Waals surface area contributed by atoms with Gasteiger partial charge in [0.25, 0.3) is 0 Å². The van der Waals surface area contributed by atoms with E-state index in [1.54, 1.807) is 0 Å². The lowest BCUT2D eigenvalue weighted by Gasteiger charge is -2.06. The molecule has 2 N–H and O–H groups in total. The normalized spacial score (nSPS) is 12.0. The van der Waals surface area contributed by atoms with Crippen LogP contribution in [0, 0.1) is 0 Å². The third-order valence-corrected chi connectivity index (χ3v) is 1.74. The van der Waals surface area contributed by atoms with Gasteiger partial charge in [-0.1, -0.05) is 11.6 Å². The summed E-state index contributed by atoms with van der Waals surface area (Å²) < 4.78 is 36.9. The summed E-state index contributed by atoms with van der Waals surface area (Å²) in [5, 5.41) is -0.307. The first-order valence-corrected chi connectivity index (χ1v) is 4.39. The first kappa shape index (κ1) is 12.5. The van der Waals surface area contributed by atoms with Crippen molar-refractivity contribution in [2.24, 2.45) is 5.73 Å². The number of hydrogen-bond acceptors (Lipinski definition) is 2. The summed E-state index contributed by atoms with van der Waals surface area (Å²) in [6, 6.07) is 1.96. The molecule has 16 heavy (non-hydrogen) atoms. The Morgan fingerprint density at radius 3 is 2.56 bits per heavy atom. The summed E-state index contributed by atoms with van der Waals surface area (Å²) in [7, 11) is 0. The first-order valence-electron chi connectivity index (χ1n) is 4.01. The minimum atomic E-state index is -4.58. The second kappa shape index (κ2) is 4.52. The van der Waals surface area contributed by atoms with Crippen LogP contribution in [0.15, 0.2) is 18.2 Å². The molecule has 1 amide bonds. The van der Waals surface area contributed by atoms with Crippen LogP contribution in [0.3, 0.4) is 0 Å². The maximum atomic E-state index is 12.3. The van der Waals surface area contributed by atoms with Gasteiger partial charge in [-0.15, -0.1) is 0 Å². The van der Waals surface area contributed by atoms with Crippen LogP contribution in [-0.4, -0.2) is 10.9 Å². The van der Waals surface area contributed by atoms with E-state index in [2.05, 4.69) is 4.98 Å². The molecule has 0 aliphatic rings. The molecule has 86 valence electrons. The number of pyridine rings is 1. The Balaban J connectivity index is 3.13. The highest BCUT2D eigenvalue weighted by Gasteiger charge is 2.32. The SMILES string of the molecule is NC(=O)C=Cc1cc(Cl)nc(C(F)(F)F)c1. The van der Waals surface area contributed by atoms with Gasteiger partial charge < -0.3 is 5.73 Å². The molecule has 0 aliphatic carbocycles. The third kappa shape index (κ3) is 3.54. The van der Waals surface area contributed by atoms with Gasteiger partial charge in [-0.25, -0.2) is 4.98 Å². The van der Waals surface area contributed by atoms with Crippen LogP contribution in [0.4, 0.5) is 13.2 Å². The zero-order valence-electron chi connectivity index (χ0n) is 7.75. The van der Waals surface area contributed by atoms with Gasteiger partial charge in [-0.3, -0.25) is 4.79 Å². The Morgan fingerprint density at radius 1 is 1.44 bits per heavy atom. The van der Waals surface area contributed by atoms with Crippen LogP contribution in [-0.2, 0) is 11.0 Å². The molecule has 1 rings (SSSR count). The molecule has 0 fully saturated rings. The zero-order valence-corrected chi connectivity index (χ0v) is 8.51. The number of nitrogens with zero attached hydrogens (tertiary/aromatic N) is 1. The van der Waals surface area contributed by atoms with Crippen molar-refractivity contribution < 1.29 is 18.0 Å². The Kier molecular flexibility index (Phi) is 3.54. The smallest absolute Gasteiger partial charge is 0.366 e. The molecule has 0 radical (unpaired) electrons. The van der Waals surface area contributed by atoms with Crippen LogP contribution in [0.25, 0.3) is 6.08 Å². The van der Waals surface area contributed by atoms with Crippen LogP contribution in [0.5, 0.6) is 0 Å². The summed E-state index contributed by atoms with van der Waals surface area (Å²) in [5.74, 6) is -0.763. The lowest BCUT2D eigenvalue weighted by molar-refractivity contribution is -0.141. The van der Waals surface area contributed by atoms with E-state index in [0.29, 0.717) is 0 Å². The Labute approximate surface area is 93.7 Å². The summed E-state index contributed by atoms with van der Waals surface area (Å²) in [6.45, 7) is 0. The van der Waals surface area contributed by atoms with Gasteiger partial charge in [0.05, 0.1) is 0 Å². The number of primary amides is 1. The molecule has 1 aromatic heterocycles. The molecule has 3 nitrogen and oxygen atoms in total. The maximum absolute atomic E-state index is 12.3. The predicted molar refractivity (Wildman–Crippen MR) is 52.5 cm³/mol. The molecule has 0 bridgehead atoms. The van der Waals surface area contributed by atoms with Crippen molar-refractivity contribution in [3.8, 4) is 0 Å². The third-order valence-electron chi connectivity index (χ3n) is 1.55. The van der Waals surface area contributed by atoms with E-state index in [1.807, 2.05) is 0 Å². The van der Waals surface area contributed by atoms with Gasteiger partial charge >= 0.3 is 6.18 Å². The van der Waals surface area contributed by atoms with Gasteiger partial charge in [0.2, 0.25) is 5.91 Å². The second-order valence-electron chi connectivity index (χ2n) is 2.84. The highest BCUT2D eigenvalue weighted by Crippen LogP contribution is 2.29. The lowest BCUT2D eigenvalue weighted by Crippen LogP contribution is -2.08. The van der Waals surface area contributed by atoms with E-state index in [0.717, 1.165) is 18.2 Å². The number of aromatic nitrogens is 1. The van der Waals surface area contributed by atoms with Crippen LogP contribution in [0.1, 0.15) is 11.3 Å². The fourth-order valence-corrected chi connectivity index (χ4v) is 1.15. The van der Waals surface area contributed by atoms with Crippen molar-refractivity contribution in [1.82, 2.24) is 4.98 Å². The van der Waals surface area contributed by atoms with Crippen molar-refractivity contribution in [3.63, 3.8) is 0 Å². The topological polar surface area (TPSA) is 56.0 Å². The number of alkyl halides is 3. The van der Waals surface area contributed by atoms with Crippen LogP contribution >= 0.6 is 11.6 Å². The Morgan fingerprint density at radius 2 is 2.06 bits per heavy atom. The predicted octanol–water partition coefficient (Wildman–Crippen LogP) is 2.25. The lowest BCUT2D eigenvalue weighted by atomic mass is 10.2. The van der Waals surface area contributed by atoms with Gasteiger partial charge in [-0.2, -0.15) is 13.2 Å². The van der Waals surface area contributed by atoms with E-state index in [4.69, 9.17) is 17.3 Å². The molecule has 0 spiro atoms. The number of amides is 1. The molecule has 0 saturated carbocycles. The average molecular weight is 251 g/mol. The average Bonchev–Trinajstić information content (AvgIpc) is 2.12. The quantitative estimate of drug-likeness (QED) is 0.646. The molecular weight excluding hydrogens is 245 g/mol. The van der Waals surface area contributed by atoms with E-state index >= 15 is 0 Å². The van der Waals surface area contributed by atoms with E-state index in [-0.39, 0.29) is 10.7 Å². The molecule has 1 heterocycles. The summed E-state index contributed by atoms with van der Waals surface area (Å²) in [6.07, 6.45) is -2.52. The molecule has 0 unspecified atom stereocenters. The molecule has 0 saturated heterocycles. The van der Waals surface area contributed by atoms with Crippen molar-refractivity contribution >= 4 is 23.6 Å². The number of carbonyl (C=O) groups excluding carboxylic acids is 1. The van der Waals surface area contributed by atoms with Gasteiger partial charge in [0, 0.05) is 6.08 Å². The highest BCUT2D eigenvalue weighted by atomic mass is 35.5. The fraction of sp³-hybridized carbons (Fsp3) is 0.111. The maximum Gasteiger partial charge on any atom is 0.433 e. The number of hydrogen-bond donors (Lipinski definition) is 1. The Hall–Kier alpha value is -1.56. The van der Waals surface area contributed by atoms with Gasteiger partial charge in [0.1, 0.15) is 10.8 Å². The first-order chi connectivity index (χ1) is 7.29. The summed E-state index contributed by atoms with van der Waals surface area (Å²) in [4.78, 5) is 13.5. The molecule has 7 heteroatoms. The van der Waals surface area contributed by atoms with Crippen molar-refractivity contribution in [2.45, 2.75) is 6.18 Å². The van der Waals surface area contributed by atoms with Gasteiger partial charge in [-0.05, 0) is 23.8 Å². The molecule has 0 aliphatic heterocycles. The number of carbonyl (C=O) groups is 1. The number of nitrogens with two attached hydrogens (primary N) is 1. The van der Waals surface area contributed by atoms with Crippen molar-refractivity contribution in [2.75, 3.05) is 0 Å². The van der Waals surface area contributed by atoms with E-state index in [9.17, 15) is 18.0 Å². The fourth-order valence-electron chi connectivity index (χ4n) is 0.936. The monoisotopic (exact) mass is 250 g/mol. The van der Waals surface area contributed by atoms with E-state index in [1.165, 1.54) is 6.07 Å². The van der Waals surface area contributed by atoms with E-state index < -0.39 is 17.8 Å². The van der Waals surface area contributed by atoms with Gasteiger partial charge in [0.15, 0.2) is 0 Å².